The van der Waals surface area contributed by atoms with Crippen LogP contribution in [0.2, 0.25) is 0 Å². The minimum Gasteiger partial charge on any atom is -0.307 e. The van der Waals surface area contributed by atoms with Crippen LogP contribution in [-0.2, 0) is 0 Å². The van der Waals surface area contributed by atoms with E-state index < -0.39 is 0 Å². The molecule has 0 unspecified atom stereocenters. The molecule has 5 heteroatoms. The Morgan fingerprint density at radius 1 is 0.447 bits per heavy atom. The molecule has 0 aliphatic rings. The number of rotatable bonds is 3. The molecule has 0 aliphatic heterocycles. The summed E-state index contributed by atoms with van der Waals surface area (Å²) in [5.74, 6) is 0. The van der Waals surface area contributed by atoms with E-state index in [2.05, 4.69) is 105 Å². The van der Waals surface area contributed by atoms with Crippen LogP contribution in [0.1, 0.15) is 0 Å². The molecule has 0 amide bonds. The van der Waals surface area contributed by atoms with Crippen LogP contribution < -0.4 is 0 Å². The molecule has 0 bridgehead atoms. The van der Waals surface area contributed by atoms with Gasteiger partial charge in [-0.05, 0) is 59.7 Å². The third-order valence-electron chi connectivity index (χ3n) is 7.30. The van der Waals surface area contributed by atoms with Gasteiger partial charge in [-0.3, -0.25) is 15.0 Å². The quantitative estimate of drug-likeness (QED) is 0.256. The van der Waals surface area contributed by atoms with Gasteiger partial charge in [0, 0.05) is 46.9 Å². The zero-order valence-corrected chi connectivity index (χ0v) is 20.4. The second kappa shape index (κ2) is 8.11. The summed E-state index contributed by atoms with van der Waals surface area (Å²) in [6, 6.07) is 35.9. The van der Waals surface area contributed by atoms with Gasteiger partial charge in [0.2, 0.25) is 0 Å². The maximum Gasteiger partial charge on any atom is 0.117 e. The Morgan fingerprint density at radius 3 is 2.03 bits per heavy atom. The molecule has 0 saturated carbocycles. The Bertz CT molecular complexity index is 2110. The van der Waals surface area contributed by atoms with Crippen molar-refractivity contribution in [2.24, 2.45) is 0 Å². The first-order valence-electron chi connectivity index (χ1n) is 12.6. The minimum absolute atomic E-state index is 0.893. The number of aromatic nitrogens is 5. The zero-order chi connectivity index (χ0) is 25.1. The van der Waals surface area contributed by atoms with E-state index in [0.29, 0.717) is 0 Å². The molecule has 8 rings (SSSR count). The Labute approximate surface area is 218 Å². The summed E-state index contributed by atoms with van der Waals surface area (Å²) in [4.78, 5) is 14.1. The second-order valence-corrected chi connectivity index (χ2v) is 9.40. The summed E-state index contributed by atoms with van der Waals surface area (Å²) in [5.41, 5.74) is 10.5. The lowest BCUT2D eigenvalue weighted by molar-refractivity contribution is 1.14. The van der Waals surface area contributed by atoms with E-state index in [0.717, 1.165) is 61.0 Å². The number of benzene rings is 3. The first-order valence-corrected chi connectivity index (χ1v) is 12.6. The molecular weight excluding hydrogens is 466 g/mol. The number of nitrogens with zero attached hydrogens (tertiary/aromatic N) is 5. The highest BCUT2D eigenvalue weighted by atomic mass is 15.1. The summed E-state index contributed by atoms with van der Waals surface area (Å²) < 4.78 is 4.66. The van der Waals surface area contributed by atoms with Crippen molar-refractivity contribution in [2.45, 2.75) is 0 Å². The van der Waals surface area contributed by atoms with Crippen molar-refractivity contribution < 1.29 is 0 Å². The average molecular weight is 488 g/mol. The monoisotopic (exact) mass is 487 g/mol. The van der Waals surface area contributed by atoms with Gasteiger partial charge in [-0.15, -0.1) is 0 Å². The van der Waals surface area contributed by atoms with E-state index in [9.17, 15) is 0 Å². The molecule has 0 fully saturated rings. The maximum absolute atomic E-state index is 5.00. The van der Waals surface area contributed by atoms with Gasteiger partial charge in [0.25, 0.3) is 0 Å². The van der Waals surface area contributed by atoms with E-state index in [1.807, 2.05) is 30.7 Å². The van der Waals surface area contributed by atoms with Crippen LogP contribution in [0.25, 0.3) is 66.4 Å². The Hall–Kier alpha value is -5.29. The molecule has 0 atom stereocenters. The molecule has 8 aromatic rings. The highest BCUT2D eigenvalue weighted by molar-refractivity contribution is 6.21. The lowest BCUT2D eigenvalue weighted by Crippen LogP contribution is -1.99. The van der Waals surface area contributed by atoms with Gasteiger partial charge in [-0.1, -0.05) is 54.6 Å². The second-order valence-electron chi connectivity index (χ2n) is 9.40. The highest BCUT2D eigenvalue weighted by Gasteiger charge is 2.22. The van der Waals surface area contributed by atoms with Crippen LogP contribution in [-0.4, -0.2) is 24.1 Å². The largest absolute Gasteiger partial charge is 0.307 e. The van der Waals surface area contributed by atoms with Crippen LogP contribution in [0, 0.1) is 0 Å². The molecule has 3 aromatic carbocycles. The fraction of sp³-hybridized carbons (Fsp3) is 0. The third kappa shape index (κ3) is 2.96. The molecule has 5 heterocycles. The summed E-state index contributed by atoms with van der Waals surface area (Å²) in [6.45, 7) is 0. The highest BCUT2D eigenvalue weighted by Crippen LogP contribution is 2.40. The van der Waals surface area contributed by atoms with Gasteiger partial charge in [-0.25, -0.2) is 0 Å². The van der Waals surface area contributed by atoms with Crippen LogP contribution in [0.4, 0.5) is 0 Å². The average Bonchev–Trinajstić information content (AvgIpc) is 3.51. The summed E-state index contributed by atoms with van der Waals surface area (Å²) in [5, 5.41) is 2.30. The number of fused-ring (bicyclic) bond motifs is 7. The van der Waals surface area contributed by atoms with Crippen LogP contribution >= 0.6 is 0 Å². The minimum atomic E-state index is 0.893. The van der Waals surface area contributed by atoms with Crippen molar-refractivity contribution in [3.8, 4) is 22.5 Å². The molecule has 0 aliphatic carbocycles. The predicted molar refractivity (Wildman–Crippen MR) is 154 cm³/mol. The van der Waals surface area contributed by atoms with Crippen molar-refractivity contribution in [3.63, 3.8) is 0 Å². The van der Waals surface area contributed by atoms with Gasteiger partial charge in [0.05, 0.1) is 22.1 Å². The van der Waals surface area contributed by atoms with E-state index in [1.54, 1.807) is 6.20 Å². The first kappa shape index (κ1) is 20.9. The Kier molecular flexibility index (Phi) is 4.45. The SMILES string of the molecule is c1ccc(-n2c3ccccc3c3cnc4c5ncccc5n(-c5ccc(-c6cccnc6)cc5)c4c32)cc1. The van der Waals surface area contributed by atoms with Crippen LogP contribution in [0.15, 0.2) is 128 Å². The van der Waals surface area contributed by atoms with Crippen molar-refractivity contribution in [1.29, 1.82) is 0 Å². The Morgan fingerprint density at radius 2 is 1.18 bits per heavy atom. The van der Waals surface area contributed by atoms with Gasteiger partial charge < -0.3 is 9.13 Å². The fourth-order valence-electron chi connectivity index (χ4n) is 5.65. The standard InChI is InChI=1S/C33H21N5/c1-2-9-24(10-3-1)37-28-12-5-4-11-26(28)27-21-36-31-30-29(13-7-19-35-30)38(33(31)32(27)37)25-16-14-22(15-17-25)23-8-6-18-34-20-23/h1-21H. The van der Waals surface area contributed by atoms with Gasteiger partial charge in [-0.2, -0.15) is 0 Å². The topological polar surface area (TPSA) is 48.5 Å². The van der Waals surface area contributed by atoms with Crippen molar-refractivity contribution in [3.05, 3.63) is 128 Å². The maximum atomic E-state index is 5.00. The number of pyridine rings is 3. The van der Waals surface area contributed by atoms with Crippen molar-refractivity contribution in [1.82, 2.24) is 24.1 Å². The number of hydrogen-bond acceptors (Lipinski definition) is 3. The van der Waals surface area contributed by atoms with Gasteiger partial charge in [0.1, 0.15) is 11.0 Å². The van der Waals surface area contributed by atoms with E-state index in [1.165, 1.54) is 5.39 Å². The van der Waals surface area contributed by atoms with E-state index in [-0.39, 0.29) is 0 Å². The predicted octanol–water partition coefficient (Wildman–Crippen LogP) is 7.73. The summed E-state index contributed by atoms with van der Waals surface area (Å²) in [7, 11) is 0. The fourth-order valence-corrected chi connectivity index (χ4v) is 5.65. The van der Waals surface area contributed by atoms with Crippen LogP contribution in [0.3, 0.4) is 0 Å². The van der Waals surface area contributed by atoms with Gasteiger partial charge >= 0.3 is 0 Å². The molecule has 5 nitrogen and oxygen atoms in total. The van der Waals surface area contributed by atoms with Crippen LogP contribution in [0.5, 0.6) is 0 Å². The summed E-state index contributed by atoms with van der Waals surface area (Å²) in [6.07, 6.45) is 7.54. The van der Waals surface area contributed by atoms with Crippen molar-refractivity contribution >= 4 is 43.9 Å². The molecule has 38 heavy (non-hydrogen) atoms. The lowest BCUT2D eigenvalue weighted by Gasteiger charge is -2.12. The molecule has 0 radical (unpaired) electrons. The number of para-hydroxylation sites is 2. The molecule has 0 saturated heterocycles. The summed E-state index contributed by atoms with van der Waals surface area (Å²) >= 11 is 0. The molecule has 178 valence electrons. The molecular formula is C33H21N5. The molecule has 0 spiro atoms. The number of hydrogen-bond donors (Lipinski definition) is 0. The lowest BCUT2D eigenvalue weighted by atomic mass is 10.1. The molecule has 5 aromatic heterocycles. The first-order chi connectivity index (χ1) is 18.9. The van der Waals surface area contributed by atoms with E-state index in [4.69, 9.17) is 9.97 Å². The van der Waals surface area contributed by atoms with E-state index >= 15 is 0 Å². The zero-order valence-electron chi connectivity index (χ0n) is 20.4. The molecule has 0 N–H and O–H groups in total. The third-order valence-corrected chi connectivity index (χ3v) is 7.30. The Balaban J connectivity index is 1.52. The van der Waals surface area contributed by atoms with Crippen molar-refractivity contribution in [2.75, 3.05) is 0 Å². The smallest absolute Gasteiger partial charge is 0.117 e. The van der Waals surface area contributed by atoms with Gasteiger partial charge in [0.15, 0.2) is 0 Å². The normalized spacial score (nSPS) is 11.7.